The van der Waals surface area contributed by atoms with E-state index in [1.54, 1.807) is 0 Å². The average molecular weight is 256 g/mol. The summed E-state index contributed by atoms with van der Waals surface area (Å²) in [7, 11) is 0. The standard InChI is InChI=1S/C16H32S/c1-3-5-7-8-9-10-11-12-13-15-16(17)14-6-4-2/h3-15H2,1-2H3. The van der Waals surface area contributed by atoms with Gasteiger partial charge in [0.2, 0.25) is 0 Å². The maximum Gasteiger partial charge on any atom is -0.00715 e. The summed E-state index contributed by atoms with van der Waals surface area (Å²) in [5, 5.41) is 0. The molecule has 17 heavy (non-hydrogen) atoms. The number of rotatable bonds is 13. The fourth-order valence-corrected chi connectivity index (χ4v) is 2.42. The summed E-state index contributed by atoms with van der Waals surface area (Å²) in [4.78, 5) is 1.31. The second-order valence-corrected chi connectivity index (χ2v) is 5.80. The minimum absolute atomic E-state index is 1.18. The molecule has 0 atom stereocenters. The van der Waals surface area contributed by atoms with Gasteiger partial charge in [0.1, 0.15) is 0 Å². The Morgan fingerprint density at radius 2 is 1.00 bits per heavy atom. The molecule has 0 N–H and O–H groups in total. The summed E-state index contributed by atoms with van der Waals surface area (Å²) in [6.45, 7) is 4.52. The molecule has 0 unspecified atom stereocenters. The topological polar surface area (TPSA) is 0 Å². The van der Waals surface area contributed by atoms with Crippen molar-refractivity contribution in [3.05, 3.63) is 0 Å². The van der Waals surface area contributed by atoms with E-state index in [-0.39, 0.29) is 0 Å². The zero-order valence-electron chi connectivity index (χ0n) is 12.1. The first-order valence-corrected chi connectivity index (χ1v) is 8.23. The van der Waals surface area contributed by atoms with Gasteiger partial charge in [0.05, 0.1) is 0 Å². The Hall–Kier alpha value is 0.0900. The fraction of sp³-hybridized carbons (Fsp3) is 0.938. The Kier molecular flexibility index (Phi) is 14.2. The largest absolute Gasteiger partial charge is 0.0897 e. The fourth-order valence-electron chi connectivity index (χ4n) is 2.13. The highest BCUT2D eigenvalue weighted by molar-refractivity contribution is 7.80. The van der Waals surface area contributed by atoms with Crippen LogP contribution in [-0.4, -0.2) is 4.86 Å². The van der Waals surface area contributed by atoms with Crippen molar-refractivity contribution in [3.8, 4) is 0 Å². The smallest absolute Gasteiger partial charge is 0.00715 e. The van der Waals surface area contributed by atoms with Crippen molar-refractivity contribution >= 4 is 17.1 Å². The highest BCUT2D eigenvalue weighted by Gasteiger charge is 1.97. The molecular formula is C16H32S. The van der Waals surface area contributed by atoms with Gasteiger partial charge in [0, 0.05) is 0 Å². The SMILES string of the molecule is CCCCCCCCCCCC(=S)CCCC. The monoisotopic (exact) mass is 256 g/mol. The Morgan fingerprint density at radius 3 is 1.53 bits per heavy atom. The molecule has 0 radical (unpaired) electrons. The second-order valence-electron chi connectivity index (χ2n) is 5.22. The van der Waals surface area contributed by atoms with Crippen LogP contribution in [0.5, 0.6) is 0 Å². The van der Waals surface area contributed by atoms with Crippen molar-refractivity contribution in [1.29, 1.82) is 0 Å². The van der Waals surface area contributed by atoms with E-state index in [4.69, 9.17) is 12.2 Å². The van der Waals surface area contributed by atoms with Gasteiger partial charge in [0.25, 0.3) is 0 Å². The van der Waals surface area contributed by atoms with Gasteiger partial charge in [0.15, 0.2) is 0 Å². The molecule has 0 nitrogen and oxygen atoms in total. The van der Waals surface area contributed by atoms with E-state index in [0.29, 0.717) is 0 Å². The molecule has 0 saturated carbocycles. The maximum absolute atomic E-state index is 5.37. The number of unbranched alkanes of at least 4 members (excludes halogenated alkanes) is 9. The van der Waals surface area contributed by atoms with Gasteiger partial charge in [-0.25, -0.2) is 0 Å². The Labute approximate surface area is 115 Å². The van der Waals surface area contributed by atoms with Crippen molar-refractivity contribution in [3.63, 3.8) is 0 Å². The highest BCUT2D eigenvalue weighted by atomic mass is 32.1. The van der Waals surface area contributed by atoms with Gasteiger partial charge in [-0.05, 0) is 30.5 Å². The van der Waals surface area contributed by atoms with Crippen molar-refractivity contribution < 1.29 is 0 Å². The zero-order valence-corrected chi connectivity index (χ0v) is 12.9. The van der Waals surface area contributed by atoms with Crippen molar-refractivity contribution in [2.75, 3.05) is 0 Å². The first-order chi connectivity index (χ1) is 8.31. The summed E-state index contributed by atoms with van der Waals surface area (Å²) in [6.07, 6.45) is 17.6. The minimum atomic E-state index is 1.18. The van der Waals surface area contributed by atoms with Crippen LogP contribution in [0, 0.1) is 0 Å². The van der Waals surface area contributed by atoms with Crippen LogP contribution in [0.25, 0.3) is 0 Å². The molecule has 0 saturated heterocycles. The lowest BCUT2D eigenvalue weighted by molar-refractivity contribution is 0.568. The van der Waals surface area contributed by atoms with Gasteiger partial charge in [-0.15, -0.1) is 0 Å². The first-order valence-electron chi connectivity index (χ1n) is 7.83. The molecule has 0 aromatic rings. The number of thiocarbonyl (C=S) groups is 1. The van der Waals surface area contributed by atoms with Crippen LogP contribution in [-0.2, 0) is 0 Å². The van der Waals surface area contributed by atoms with Crippen LogP contribution >= 0.6 is 12.2 Å². The Morgan fingerprint density at radius 1 is 0.588 bits per heavy atom. The minimum Gasteiger partial charge on any atom is -0.0897 e. The predicted molar refractivity (Wildman–Crippen MR) is 84.0 cm³/mol. The Balaban J connectivity index is 3.05. The molecular weight excluding hydrogens is 224 g/mol. The molecule has 0 heterocycles. The number of hydrogen-bond acceptors (Lipinski definition) is 1. The zero-order chi connectivity index (χ0) is 12.8. The number of hydrogen-bond donors (Lipinski definition) is 0. The molecule has 0 spiro atoms. The Bertz CT molecular complexity index is 163. The molecule has 1 heteroatoms. The normalized spacial score (nSPS) is 10.7. The van der Waals surface area contributed by atoms with Gasteiger partial charge >= 0.3 is 0 Å². The van der Waals surface area contributed by atoms with E-state index in [1.807, 2.05) is 0 Å². The highest BCUT2D eigenvalue weighted by Crippen LogP contribution is 2.12. The van der Waals surface area contributed by atoms with Gasteiger partial charge in [-0.3, -0.25) is 0 Å². The third kappa shape index (κ3) is 14.0. The van der Waals surface area contributed by atoms with E-state index >= 15 is 0 Å². The lowest BCUT2D eigenvalue weighted by atomic mass is 10.0. The van der Waals surface area contributed by atoms with Crippen LogP contribution in [0.2, 0.25) is 0 Å². The van der Waals surface area contributed by atoms with Crippen LogP contribution in [0.4, 0.5) is 0 Å². The summed E-state index contributed by atoms with van der Waals surface area (Å²) < 4.78 is 0. The van der Waals surface area contributed by atoms with Crippen molar-refractivity contribution in [2.24, 2.45) is 0 Å². The molecule has 0 aromatic carbocycles. The summed E-state index contributed by atoms with van der Waals surface area (Å²) >= 11 is 5.37. The van der Waals surface area contributed by atoms with Crippen LogP contribution < -0.4 is 0 Å². The molecule has 0 aliphatic heterocycles. The third-order valence-corrected chi connectivity index (χ3v) is 3.78. The van der Waals surface area contributed by atoms with Crippen LogP contribution in [0.15, 0.2) is 0 Å². The molecule has 102 valence electrons. The van der Waals surface area contributed by atoms with Crippen LogP contribution in [0.1, 0.15) is 97.3 Å². The van der Waals surface area contributed by atoms with E-state index in [1.165, 1.54) is 88.3 Å². The molecule has 0 bridgehead atoms. The molecule has 0 rings (SSSR count). The summed E-state index contributed by atoms with van der Waals surface area (Å²) in [6, 6.07) is 0. The molecule has 0 amide bonds. The molecule has 0 aliphatic rings. The third-order valence-electron chi connectivity index (χ3n) is 3.37. The maximum atomic E-state index is 5.37. The van der Waals surface area contributed by atoms with Gasteiger partial charge in [-0.1, -0.05) is 83.9 Å². The second kappa shape index (κ2) is 14.2. The van der Waals surface area contributed by atoms with E-state index in [2.05, 4.69) is 13.8 Å². The summed E-state index contributed by atoms with van der Waals surface area (Å²) in [5.41, 5.74) is 0. The van der Waals surface area contributed by atoms with E-state index < -0.39 is 0 Å². The average Bonchev–Trinajstić information content (AvgIpc) is 2.34. The molecule has 0 fully saturated rings. The van der Waals surface area contributed by atoms with E-state index in [0.717, 1.165) is 0 Å². The predicted octanol–water partition coefficient (Wildman–Crippen LogP) is 6.47. The summed E-state index contributed by atoms with van der Waals surface area (Å²) in [5.74, 6) is 0. The quantitative estimate of drug-likeness (QED) is 0.269. The molecule has 0 aliphatic carbocycles. The first kappa shape index (κ1) is 17.1. The van der Waals surface area contributed by atoms with Gasteiger partial charge in [-0.2, -0.15) is 0 Å². The lowest BCUT2D eigenvalue weighted by Crippen LogP contribution is -1.94. The van der Waals surface area contributed by atoms with Crippen LogP contribution in [0.3, 0.4) is 0 Å². The molecule has 0 aromatic heterocycles. The van der Waals surface area contributed by atoms with E-state index in [9.17, 15) is 0 Å². The van der Waals surface area contributed by atoms with Gasteiger partial charge < -0.3 is 0 Å². The van der Waals surface area contributed by atoms with Crippen molar-refractivity contribution in [2.45, 2.75) is 97.3 Å². The van der Waals surface area contributed by atoms with Crippen molar-refractivity contribution in [1.82, 2.24) is 0 Å². The lowest BCUT2D eigenvalue weighted by Gasteiger charge is -2.03.